The van der Waals surface area contributed by atoms with Crippen LogP contribution in [-0.4, -0.2) is 16.1 Å². The Labute approximate surface area is 188 Å². The third kappa shape index (κ3) is 6.30. The predicted octanol–water partition coefficient (Wildman–Crippen LogP) is 5.40. The second-order valence-electron chi connectivity index (χ2n) is 8.19. The molecule has 0 aromatic heterocycles. The molecule has 31 heavy (non-hydrogen) atoms. The van der Waals surface area contributed by atoms with Gasteiger partial charge in [-0.2, -0.15) is 0 Å². The number of ether oxygens (including phenoxy) is 1. The zero-order valence-electron chi connectivity index (χ0n) is 17.8. The molecule has 6 heteroatoms. The molecule has 0 aliphatic heterocycles. The fourth-order valence-electron chi connectivity index (χ4n) is 2.87. The largest absolute Gasteiger partial charge is 0.506 e. The third-order valence-corrected chi connectivity index (χ3v) is 4.91. The summed E-state index contributed by atoms with van der Waals surface area (Å²) < 4.78 is 5.74. The van der Waals surface area contributed by atoms with Gasteiger partial charge in [0.2, 0.25) is 0 Å². The second-order valence-corrected chi connectivity index (χ2v) is 8.60. The van der Waals surface area contributed by atoms with E-state index in [1.165, 1.54) is 0 Å². The van der Waals surface area contributed by atoms with Gasteiger partial charge in [0.05, 0.1) is 5.69 Å². The first kappa shape index (κ1) is 22.3. The standard InChI is InChI=1S/C25H26N2O3S/c1-25(2,3)19-11-14-22(28)21(15-19)26-24(31)27-23(29)18-9-12-20(13-10-18)30-16-17-7-5-4-6-8-17/h4-15,28H,16H2,1-3H3,(H2,26,27,29,31). The molecule has 3 rings (SSSR count). The summed E-state index contributed by atoms with van der Waals surface area (Å²) in [7, 11) is 0. The summed E-state index contributed by atoms with van der Waals surface area (Å²) in [4.78, 5) is 12.5. The summed E-state index contributed by atoms with van der Waals surface area (Å²) in [5.41, 5.74) is 2.91. The van der Waals surface area contributed by atoms with Crippen molar-refractivity contribution in [2.45, 2.75) is 32.8 Å². The molecule has 0 atom stereocenters. The molecule has 3 aromatic carbocycles. The first-order chi connectivity index (χ1) is 14.7. The van der Waals surface area contributed by atoms with E-state index in [9.17, 15) is 9.90 Å². The lowest BCUT2D eigenvalue weighted by Crippen LogP contribution is -2.34. The van der Waals surface area contributed by atoms with Crippen molar-refractivity contribution < 1.29 is 14.6 Å². The van der Waals surface area contributed by atoms with Crippen LogP contribution in [0.4, 0.5) is 5.69 Å². The molecule has 0 fully saturated rings. The number of nitrogens with one attached hydrogen (secondary N) is 2. The van der Waals surface area contributed by atoms with Gasteiger partial charge in [-0.3, -0.25) is 10.1 Å². The number of hydrogen-bond donors (Lipinski definition) is 3. The van der Waals surface area contributed by atoms with E-state index in [2.05, 4.69) is 31.4 Å². The van der Waals surface area contributed by atoms with Crippen LogP contribution >= 0.6 is 12.2 Å². The maximum atomic E-state index is 12.5. The molecule has 1 amide bonds. The molecule has 0 spiro atoms. The molecule has 0 heterocycles. The highest BCUT2D eigenvalue weighted by Crippen LogP contribution is 2.30. The van der Waals surface area contributed by atoms with Crippen molar-refractivity contribution in [3.05, 3.63) is 89.5 Å². The number of amides is 1. The Morgan fingerprint density at radius 3 is 2.32 bits per heavy atom. The van der Waals surface area contributed by atoms with Gasteiger partial charge in [0.1, 0.15) is 18.1 Å². The number of hydrogen-bond acceptors (Lipinski definition) is 4. The van der Waals surface area contributed by atoms with Crippen LogP contribution in [0.25, 0.3) is 0 Å². The van der Waals surface area contributed by atoms with Crippen molar-refractivity contribution in [2.75, 3.05) is 5.32 Å². The van der Waals surface area contributed by atoms with Crippen molar-refractivity contribution in [3.63, 3.8) is 0 Å². The van der Waals surface area contributed by atoms with Gasteiger partial charge in [-0.25, -0.2) is 0 Å². The molecular weight excluding hydrogens is 408 g/mol. The molecule has 160 valence electrons. The van der Waals surface area contributed by atoms with Crippen LogP contribution in [0, 0.1) is 0 Å². The lowest BCUT2D eigenvalue weighted by atomic mass is 9.87. The highest BCUT2D eigenvalue weighted by atomic mass is 32.1. The zero-order valence-corrected chi connectivity index (χ0v) is 18.6. The highest BCUT2D eigenvalue weighted by Gasteiger charge is 2.16. The quantitative estimate of drug-likeness (QED) is 0.371. The Bertz CT molecular complexity index is 1060. The number of carbonyl (C=O) groups is 1. The molecule has 0 saturated carbocycles. The van der Waals surface area contributed by atoms with Crippen LogP contribution in [0.1, 0.15) is 42.3 Å². The van der Waals surface area contributed by atoms with E-state index in [1.54, 1.807) is 30.3 Å². The van der Waals surface area contributed by atoms with Gasteiger partial charge >= 0.3 is 0 Å². The molecule has 3 aromatic rings. The number of phenolic OH excluding ortho intramolecular Hbond substituents is 1. The summed E-state index contributed by atoms with van der Waals surface area (Å²) in [6.07, 6.45) is 0. The number of rotatable bonds is 5. The third-order valence-electron chi connectivity index (χ3n) is 4.70. The fraction of sp³-hybridized carbons (Fsp3) is 0.200. The van der Waals surface area contributed by atoms with Gasteiger partial charge < -0.3 is 15.2 Å². The molecular formula is C25H26N2O3S. The van der Waals surface area contributed by atoms with Gasteiger partial charge in [-0.1, -0.05) is 57.2 Å². The molecule has 5 nitrogen and oxygen atoms in total. The minimum Gasteiger partial charge on any atom is -0.506 e. The van der Waals surface area contributed by atoms with E-state index in [-0.39, 0.29) is 22.2 Å². The van der Waals surface area contributed by atoms with Crippen LogP contribution in [0.15, 0.2) is 72.8 Å². The average molecular weight is 435 g/mol. The van der Waals surface area contributed by atoms with E-state index in [0.29, 0.717) is 23.6 Å². The molecule has 0 bridgehead atoms. The molecule has 0 radical (unpaired) electrons. The molecule has 0 aliphatic rings. The normalized spacial score (nSPS) is 10.9. The molecule has 0 saturated heterocycles. The van der Waals surface area contributed by atoms with E-state index >= 15 is 0 Å². The van der Waals surface area contributed by atoms with Gasteiger partial charge in [0.15, 0.2) is 5.11 Å². The van der Waals surface area contributed by atoms with Crippen LogP contribution in [0.2, 0.25) is 0 Å². The molecule has 0 aliphatic carbocycles. The van der Waals surface area contributed by atoms with E-state index < -0.39 is 0 Å². The molecule has 3 N–H and O–H groups in total. The lowest BCUT2D eigenvalue weighted by molar-refractivity contribution is 0.0977. The second kappa shape index (κ2) is 9.62. The minimum atomic E-state index is -0.349. The fourth-order valence-corrected chi connectivity index (χ4v) is 3.08. The van der Waals surface area contributed by atoms with Crippen LogP contribution in [0.5, 0.6) is 11.5 Å². The smallest absolute Gasteiger partial charge is 0.257 e. The predicted molar refractivity (Wildman–Crippen MR) is 128 cm³/mol. The number of aromatic hydroxyl groups is 1. The number of anilines is 1. The van der Waals surface area contributed by atoms with Crippen molar-refractivity contribution >= 4 is 28.9 Å². The summed E-state index contributed by atoms with van der Waals surface area (Å²) in [5.74, 6) is 0.383. The summed E-state index contributed by atoms with van der Waals surface area (Å²) >= 11 is 5.25. The number of carbonyl (C=O) groups excluding carboxylic acids is 1. The topological polar surface area (TPSA) is 70.6 Å². The number of thiocarbonyl (C=S) groups is 1. The van der Waals surface area contributed by atoms with E-state index in [1.807, 2.05) is 42.5 Å². The number of benzene rings is 3. The van der Waals surface area contributed by atoms with Gasteiger partial charge in [0.25, 0.3) is 5.91 Å². The Balaban J connectivity index is 1.58. The number of phenols is 1. The Kier molecular flexibility index (Phi) is 6.92. The lowest BCUT2D eigenvalue weighted by Gasteiger charge is -2.21. The first-order valence-electron chi connectivity index (χ1n) is 9.95. The first-order valence-corrected chi connectivity index (χ1v) is 10.4. The maximum Gasteiger partial charge on any atom is 0.257 e. The zero-order chi connectivity index (χ0) is 22.4. The minimum absolute atomic E-state index is 0.0597. The van der Waals surface area contributed by atoms with Crippen molar-refractivity contribution in [3.8, 4) is 11.5 Å². The van der Waals surface area contributed by atoms with Crippen molar-refractivity contribution in [1.29, 1.82) is 0 Å². The summed E-state index contributed by atoms with van der Waals surface area (Å²) in [6.45, 7) is 6.70. The SMILES string of the molecule is CC(C)(C)c1ccc(O)c(NC(=S)NC(=O)c2ccc(OCc3ccccc3)cc2)c1. The van der Waals surface area contributed by atoms with Crippen molar-refractivity contribution in [2.24, 2.45) is 0 Å². The monoisotopic (exact) mass is 434 g/mol. The van der Waals surface area contributed by atoms with Gasteiger partial charge in [0, 0.05) is 5.56 Å². The van der Waals surface area contributed by atoms with Crippen LogP contribution in [0.3, 0.4) is 0 Å². The van der Waals surface area contributed by atoms with Gasteiger partial charge in [-0.05, 0) is 65.2 Å². The summed E-state index contributed by atoms with van der Waals surface area (Å²) in [6, 6.07) is 22.0. The Morgan fingerprint density at radius 2 is 1.68 bits per heavy atom. The van der Waals surface area contributed by atoms with Gasteiger partial charge in [-0.15, -0.1) is 0 Å². The maximum absolute atomic E-state index is 12.5. The van der Waals surface area contributed by atoms with Crippen molar-refractivity contribution in [1.82, 2.24) is 5.32 Å². The van der Waals surface area contributed by atoms with Crippen LogP contribution in [-0.2, 0) is 12.0 Å². The molecule has 0 unspecified atom stereocenters. The van der Waals surface area contributed by atoms with Crippen LogP contribution < -0.4 is 15.4 Å². The Hall–Kier alpha value is -3.38. The van der Waals surface area contributed by atoms with E-state index in [0.717, 1.165) is 11.1 Å². The summed E-state index contributed by atoms with van der Waals surface area (Å²) in [5, 5.41) is 15.8. The highest BCUT2D eigenvalue weighted by molar-refractivity contribution is 7.80. The Morgan fingerprint density at radius 1 is 1.00 bits per heavy atom. The van der Waals surface area contributed by atoms with E-state index in [4.69, 9.17) is 17.0 Å². The average Bonchev–Trinajstić information content (AvgIpc) is 2.74.